The van der Waals surface area contributed by atoms with E-state index in [1.807, 2.05) is 20.8 Å². The van der Waals surface area contributed by atoms with E-state index in [0.717, 1.165) is 31.4 Å². The van der Waals surface area contributed by atoms with E-state index in [2.05, 4.69) is 6.58 Å². The first-order valence-corrected chi connectivity index (χ1v) is 13.0. The first-order chi connectivity index (χ1) is 18.1. The summed E-state index contributed by atoms with van der Waals surface area (Å²) >= 11 is 0. The fourth-order valence-electron chi connectivity index (χ4n) is 4.87. The number of alkyl halides is 3. The molecule has 1 heterocycles. The molecule has 0 atom stereocenters. The van der Waals surface area contributed by atoms with Crippen LogP contribution in [0.5, 0.6) is 5.75 Å². The third kappa shape index (κ3) is 7.97. The molecule has 8 heteroatoms. The van der Waals surface area contributed by atoms with Crippen LogP contribution in [0.4, 0.5) is 13.2 Å². The molecule has 0 amide bonds. The van der Waals surface area contributed by atoms with E-state index in [9.17, 15) is 22.8 Å². The minimum atomic E-state index is -4.63. The number of carbonyl (C=O) groups excluding carboxylic acids is 1. The first kappa shape index (κ1) is 30.0. The first-order valence-electron chi connectivity index (χ1n) is 13.0. The fraction of sp³-hybridized carbons (Fsp3) is 0.419. The van der Waals surface area contributed by atoms with Crippen LogP contribution in [0.1, 0.15) is 71.4 Å². The van der Waals surface area contributed by atoms with Gasteiger partial charge in [0.15, 0.2) is 0 Å². The molecule has 0 saturated heterocycles. The Morgan fingerprint density at radius 2 is 1.69 bits per heavy atom. The van der Waals surface area contributed by atoms with Crippen molar-refractivity contribution >= 4 is 16.9 Å². The lowest BCUT2D eigenvalue weighted by Crippen LogP contribution is -2.40. The van der Waals surface area contributed by atoms with Crippen LogP contribution in [0.25, 0.3) is 22.1 Å². The van der Waals surface area contributed by atoms with Crippen molar-refractivity contribution in [3.63, 3.8) is 0 Å². The molecule has 0 aliphatic heterocycles. The largest absolute Gasteiger partial charge is 0.488 e. The average Bonchev–Trinajstić information content (AvgIpc) is 2.81. The van der Waals surface area contributed by atoms with Crippen molar-refractivity contribution in [2.45, 2.75) is 84.1 Å². The number of benzene rings is 2. The van der Waals surface area contributed by atoms with Crippen molar-refractivity contribution < 1.29 is 31.9 Å². The zero-order chi connectivity index (χ0) is 29.0. The molecule has 210 valence electrons. The lowest BCUT2D eigenvalue weighted by Gasteiger charge is -2.34. The number of fused-ring (bicyclic) bond motifs is 1. The van der Waals surface area contributed by atoms with E-state index in [0.29, 0.717) is 29.5 Å². The number of aryl methyl sites for hydroxylation is 1. The maximum absolute atomic E-state index is 14.0. The van der Waals surface area contributed by atoms with Gasteiger partial charge in [0.25, 0.3) is 0 Å². The summed E-state index contributed by atoms with van der Waals surface area (Å²) in [5.41, 5.74) is -2.96. The number of unbranched alkanes of at least 4 members (excludes halogenated alkanes) is 2. The van der Waals surface area contributed by atoms with Crippen molar-refractivity contribution in [1.29, 1.82) is 0 Å². The van der Waals surface area contributed by atoms with Crippen LogP contribution in [0.3, 0.4) is 0 Å². The zero-order valence-electron chi connectivity index (χ0n) is 23.0. The van der Waals surface area contributed by atoms with E-state index in [1.165, 1.54) is 18.2 Å². The lowest BCUT2D eigenvalue weighted by molar-refractivity contribution is -0.154. The third-order valence-electron chi connectivity index (χ3n) is 6.25. The number of hydrogen-bond acceptors (Lipinski definition) is 5. The fourth-order valence-corrected chi connectivity index (χ4v) is 4.87. The van der Waals surface area contributed by atoms with Crippen LogP contribution in [0.2, 0.25) is 0 Å². The standard InChI is InChI=1S/C31H35F3O5/c1-7-9-10-11-20-12-15-23(25(16-20)31(32,33)34)24-17-21-13-14-22(18-26(21)37-28(24)36)38-29(3,4)19-30(5,6)39-27(35)8-2/h8,12-18H,2,7,9-11,19H2,1,3-6H3. The monoisotopic (exact) mass is 544 g/mol. The summed E-state index contributed by atoms with van der Waals surface area (Å²) in [6.07, 6.45) is 0.0372. The summed E-state index contributed by atoms with van der Waals surface area (Å²) in [6, 6.07) is 10.3. The van der Waals surface area contributed by atoms with E-state index in [1.54, 1.807) is 32.0 Å². The summed E-state index contributed by atoms with van der Waals surface area (Å²) in [5, 5.41) is 0.454. The van der Waals surface area contributed by atoms with E-state index < -0.39 is 34.5 Å². The predicted octanol–water partition coefficient (Wildman–Crippen LogP) is 8.27. The Balaban J connectivity index is 1.92. The predicted molar refractivity (Wildman–Crippen MR) is 146 cm³/mol. The molecule has 0 aliphatic rings. The lowest BCUT2D eigenvalue weighted by atomic mass is 9.92. The van der Waals surface area contributed by atoms with Crippen molar-refractivity contribution in [2.24, 2.45) is 0 Å². The molecule has 0 radical (unpaired) electrons. The minimum Gasteiger partial charge on any atom is -0.488 e. The highest BCUT2D eigenvalue weighted by Crippen LogP contribution is 2.38. The molecule has 0 bridgehead atoms. The molecule has 1 aromatic heterocycles. The summed E-state index contributed by atoms with van der Waals surface area (Å²) < 4.78 is 58.9. The normalized spacial score (nSPS) is 12.4. The quantitative estimate of drug-likeness (QED) is 0.105. The molecule has 0 fully saturated rings. The number of esters is 1. The number of ether oxygens (including phenoxy) is 2. The van der Waals surface area contributed by atoms with Gasteiger partial charge in [-0.05, 0) is 70.4 Å². The van der Waals surface area contributed by atoms with E-state index in [-0.39, 0.29) is 16.7 Å². The molecule has 0 spiro atoms. The molecule has 3 rings (SSSR count). The van der Waals surface area contributed by atoms with Gasteiger partial charge in [-0.25, -0.2) is 9.59 Å². The van der Waals surface area contributed by atoms with Gasteiger partial charge in [-0.1, -0.05) is 38.5 Å². The molecular formula is C31H35F3O5. The van der Waals surface area contributed by atoms with Crippen LogP contribution >= 0.6 is 0 Å². The second-order valence-electron chi connectivity index (χ2n) is 10.9. The molecule has 5 nitrogen and oxygen atoms in total. The minimum absolute atomic E-state index is 0.158. The van der Waals surface area contributed by atoms with Gasteiger partial charge < -0.3 is 13.9 Å². The Labute approximate surface area is 226 Å². The Morgan fingerprint density at radius 3 is 2.33 bits per heavy atom. The van der Waals surface area contributed by atoms with Crippen LogP contribution in [-0.2, 0) is 22.1 Å². The summed E-state index contributed by atoms with van der Waals surface area (Å²) in [7, 11) is 0. The van der Waals surface area contributed by atoms with Crippen LogP contribution in [-0.4, -0.2) is 17.2 Å². The van der Waals surface area contributed by atoms with Gasteiger partial charge >= 0.3 is 17.8 Å². The zero-order valence-corrected chi connectivity index (χ0v) is 23.0. The highest BCUT2D eigenvalue weighted by molar-refractivity contribution is 5.83. The second-order valence-corrected chi connectivity index (χ2v) is 10.9. The number of halogens is 3. The molecule has 39 heavy (non-hydrogen) atoms. The Hall–Kier alpha value is -3.55. The summed E-state index contributed by atoms with van der Waals surface area (Å²) in [6.45, 7) is 12.6. The molecule has 0 N–H and O–H groups in total. The number of carbonyl (C=O) groups is 1. The highest BCUT2D eigenvalue weighted by atomic mass is 19.4. The molecule has 0 saturated carbocycles. The van der Waals surface area contributed by atoms with Crippen molar-refractivity contribution in [3.05, 3.63) is 76.7 Å². The molecule has 3 aromatic rings. The molecular weight excluding hydrogens is 509 g/mol. The van der Waals surface area contributed by atoms with E-state index >= 15 is 0 Å². The summed E-state index contributed by atoms with van der Waals surface area (Å²) in [4.78, 5) is 24.5. The Bertz CT molecular complexity index is 1400. The van der Waals surface area contributed by atoms with Gasteiger partial charge in [0, 0.05) is 29.5 Å². The topological polar surface area (TPSA) is 65.7 Å². The van der Waals surface area contributed by atoms with Crippen molar-refractivity contribution in [2.75, 3.05) is 0 Å². The van der Waals surface area contributed by atoms with Crippen molar-refractivity contribution in [1.82, 2.24) is 0 Å². The Morgan fingerprint density at radius 1 is 0.974 bits per heavy atom. The van der Waals surface area contributed by atoms with E-state index in [4.69, 9.17) is 13.9 Å². The van der Waals surface area contributed by atoms with Gasteiger partial charge in [0.1, 0.15) is 22.5 Å². The van der Waals surface area contributed by atoms with Crippen molar-refractivity contribution in [3.8, 4) is 16.9 Å². The summed E-state index contributed by atoms with van der Waals surface area (Å²) in [5.74, 6) is -0.152. The van der Waals surface area contributed by atoms with Gasteiger partial charge in [-0.3, -0.25) is 0 Å². The second kappa shape index (κ2) is 11.7. The van der Waals surface area contributed by atoms with Gasteiger partial charge in [0.2, 0.25) is 0 Å². The molecule has 0 unspecified atom stereocenters. The van der Waals surface area contributed by atoms with Crippen LogP contribution in [0.15, 0.2) is 64.3 Å². The van der Waals surface area contributed by atoms with Crippen LogP contribution < -0.4 is 10.4 Å². The van der Waals surface area contributed by atoms with Crippen LogP contribution in [0, 0.1) is 0 Å². The maximum atomic E-state index is 14.0. The average molecular weight is 545 g/mol. The number of rotatable bonds is 11. The molecule has 0 aliphatic carbocycles. The SMILES string of the molecule is C=CC(=O)OC(C)(C)CC(C)(C)Oc1ccc2cc(-c3ccc(CCCCC)cc3C(F)(F)F)c(=O)oc2c1. The highest BCUT2D eigenvalue weighted by Gasteiger charge is 2.35. The van der Waals surface area contributed by atoms with Gasteiger partial charge in [-0.2, -0.15) is 13.2 Å². The Kier molecular flexibility index (Phi) is 8.98. The third-order valence-corrected chi connectivity index (χ3v) is 6.25. The van der Waals surface area contributed by atoms with Gasteiger partial charge in [-0.15, -0.1) is 0 Å². The smallest absolute Gasteiger partial charge is 0.417 e. The number of hydrogen-bond donors (Lipinski definition) is 0. The molecule has 2 aromatic carbocycles. The van der Waals surface area contributed by atoms with Gasteiger partial charge in [0.05, 0.1) is 11.1 Å². The maximum Gasteiger partial charge on any atom is 0.417 e.